The largest absolute Gasteiger partial charge is 0.496 e. The number of ether oxygens (including phenoxy) is 1. The van der Waals surface area contributed by atoms with Crippen molar-refractivity contribution in [3.63, 3.8) is 0 Å². The predicted octanol–water partition coefficient (Wildman–Crippen LogP) is 4.18. The van der Waals surface area contributed by atoms with Crippen molar-refractivity contribution in [1.29, 1.82) is 0 Å². The summed E-state index contributed by atoms with van der Waals surface area (Å²) in [5.41, 5.74) is 6.83. The van der Waals surface area contributed by atoms with Crippen molar-refractivity contribution in [3.8, 4) is 5.75 Å². The summed E-state index contributed by atoms with van der Waals surface area (Å²) in [5.74, 6) is 0.783. The van der Waals surface area contributed by atoms with E-state index in [2.05, 4.69) is 15.9 Å². The van der Waals surface area contributed by atoms with Crippen LogP contribution in [0, 0.1) is 5.41 Å². The van der Waals surface area contributed by atoms with Crippen molar-refractivity contribution in [2.45, 2.75) is 51.0 Å². The third-order valence-corrected chi connectivity index (χ3v) is 5.45. The molecule has 1 unspecified atom stereocenters. The molecule has 0 spiro atoms. The first-order chi connectivity index (χ1) is 10.1. The van der Waals surface area contributed by atoms with E-state index < -0.39 is 6.10 Å². The lowest BCUT2D eigenvalue weighted by Gasteiger charge is -2.39. The minimum Gasteiger partial charge on any atom is -0.496 e. The number of aliphatic hydroxyl groups is 1. The standard InChI is InChI=1S/C17H26BrNO2/c1-21-15-8-7-13(11-14(15)18)16(20)17(12-19)9-5-3-2-4-6-10-17/h7-8,11,16,20H,2-6,9-10,12,19H2,1H3. The van der Waals surface area contributed by atoms with Gasteiger partial charge in [0.05, 0.1) is 17.7 Å². The van der Waals surface area contributed by atoms with E-state index in [0.717, 1.165) is 41.5 Å². The number of benzene rings is 1. The molecule has 1 aromatic carbocycles. The van der Waals surface area contributed by atoms with Crippen LogP contribution in [0.2, 0.25) is 0 Å². The van der Waals surface area contributed by atoms with Gasteiger partial charge in [-0.2, -0.15) is 0 Å². The molecule has 4 heteroatoms. The third kappa shape index (κ3) is 3.79. The number of hydrogen-bond acceptors (Lipinski definition) is 3. The van der Waals surface area contributed by atoms with E-state index in [4.69, 9.17) is 10.5 Å². The summed E-state index contributed by atoms with van der Waals surface area (Å²) in [6.45, 7) is 0.539. The Morgan fingerprint density at radius 2 is 1.86 bits per heavy atom. The zero-order valence-electron chi connectivity index (χ0n) is 12.8. The molecule has 0 aliphatic heterocycles. The van der Waals surface area contributed by atoms with Gasteiger partial charge in [0.15, 0.2) is 0 Å². The second-order valence-corrected chi connectivity index (χ2v) is 6.99. The van der Waals surface area contributed by atoms with Crippen LogP contribution in [0.15, 0.2) is 22.7 Å². The van der Waals surface area contributed by atoms with Gasteiger partial charge in [0.2, 0.25) is 0 Å². The lowest BCUT2D eigenvalue weighted by molar-refractivity contribution is 0.00842. The highest BCUT2D eigenvalue weighted by Crippen LogP contribution is 2.44. The van der Waals surface area contributed by atoms with Crippen LogP contribution < -0.4 is 10.5 Å². The molecule has 1 saturated carbocycles. The molecule has 3 N–H and O–H groups in total. The van der Waals surface area contributed by atoms with Crippen molar-refractivity contribution in [3.05, 3.63) is 28.2 Å². The van der Waals surface area contributed by atoms with E-state index in [1.54, 1.807) is 7.11 Å². The van der Waals surface area contributed by atoms with Gasteiger partial charge in [0.25, 0.3) is 0 Å². The van der Waals surface area contributed by atoms with Crippen LogP contribution in [0.5, 0.6) is 5.75 Å². The Morgan fingerprint density at radius 3 is 2.38 bits per heavy atom. The van der Waals surface area contributed by atoms with Gasteiger partial charge in [-0.15, -0.1) is 0 Å². The molecule has 1 atom stereocenters. The van der Waals surface area contributed by atoms with Gasteiger partial charge in [-0.25, -0.2) is 0 Å². The fourth-order valence-corrected chi connectivity index (χ4v) is 3.96. The second-order valence-electron chi connectivity index (χ2n) is 6.13. The molecule has 21 heavy (non-hydrogen) atoms. The smallest absolute Gasteiger partial charge is 0.133 e. The Morgan fingerprint density at radius 1 is 1.24 bits per heavy atom. The van der Waals surface area contributed by atoms with Gasteiger partial charge < -0.3 is 15.6 Å². The van der Waals surface area contributed by atoms with Crippen molar-refractivity contribution in [2.75, 3.05) is 13.7 Å². The molecular formula is C17H26BrNO2. The maximum atomic E-state index is 11.0. The van der Waals surface area contributed by atoms with E-state index in [-0.39, 0.29) is 5.41 Å². The lowest BCUT2D eigenvalue weighted by atomic mass is 9.70. The fraction of sp³-hybridized carbons (Fsp3) is 0.647. The SMILES string of the molecule is COc1ccc(C(O)C2(CN)CCCCCCC2)cc1Br. The summed E-state index contributed by atoms with van der Waals surface area (Å²) < 4.78 is 6.13. The van der Waals surface area contributed by atoms with Crippen molar-refractivity contribution in [1.82, 2.24) is 0 Å². The van der Waals surface area contributed by atoms with Crippen LogP contribution in [0.25, 0.3) is 0 Å². The molecule has 3 nitrogen and oxygen atoms in total. The van der Waals surface area contributed by atoms with Crippen molar-refractivity contribution < 1.29 is 9.84 Å². The van der Waals surface area contributed by atoms with E-state index >= 15 is 0 Å². The van der Waals surface area contributed by atoms with Crippen LogP contribution in [0.4, 0.5) is 0 Å². The number of rotatable bonds is 4. The number of aliphatic hydroxyl groups excluding tert-OH is 1. The first-order valence-corrected chi connectivity index (χ1v) is 8.64. The molecule has 1 fully saturated rings. The average Bonchev–Trinajstić information content (AvgIpc) is 2.47. The van der Waals surface area contributed by atoms with Gasteiger partial charge in [0.1, 0.15) is 5.75 Å². The molecule has 118 valence electrons. The lowest BCUT2D eigenvalue weighted by Crippen LogP contribution is -2.37. The Balaban J connectivity index is 2.25. The van der Waals surface area contributed by atoms with E-state index in [9.17, 15) is 5.11 Å². The Kier molecular flexibility index (Phi) is 6.08. The summed E-state index contributed by atoms with van der Waals surface area (Å²) in [6, 6.07) is 5.81. The Hall–Kier alpha value is -0.580. The highest BCUT2D eigenvalue weighted by Gasteiger charge is 2.37. The normalized spacial score (nSPS) is 20.4. The molecule has 0 bridgehead atoms. The summed E-state index contributed by atoms with van der Waals surface area (Å²) in [5, 5.41) is 11.0. The monoisotopic (exact) mass is 355 g/mol. The number of methoxy groups -OCH3 is 1. The van der Waals surface area contributed by atoms with Crippen LogP contribution in [-0.4, -0.2) is 18.8 Å². The minimum absolute atomic E-state index is 0.186. The Labute approximate surface area is 136 Å². The summed E-state index contributed by atoms with van der Waals surface area (Å²) in [7, 11) is 1.65. The minimum atomic E-state index is -0.511. The number of nitrogens with two attached hydrogens (primary N) is 1. The molecule has 0 heterocycles. The molecule has 0 saturated heterocycles. The first kappa shape index (κ1) is 16.8. The highest BCUT2D eigenvalue weighted by atomic mass is 79.9. The van der Waals surface area contributed by atoms with Crippen LogP contribution in [0.1, 0.15) is 56.6 Å². The highest BCUT2D eigenvalue weighted by molar-refractivity contribution is 9.10. The van der Waals surface area contributed by atoms with Crippen LogP contribution >= 0.6 is 15.9 Å². The molecule has 1 aliphatic rings. The molecular weight excluding hydrogens is 330 g/mol. The zero-order chi connectivity index (χ0) is 15.3. The molecule has 0 amide bonds. The van der Waals surface area contributed by atoms with Gasteiger partial charge in [-0.3, -0.25) is 0 Å². The molecule has 2 rings (SSSR count). The second kappa shape index (κ2) is 7.61. The van der Waals surface area contributed by atoms with Crippen LogP contribution in [-0.2, 0) is 0 Å². The molecule has 1 aliphatic carbocycles. The summed E-state index contributed by atoms with van der Waals surface area (Å²) in [6.07, 6.45) is 7.63. The first-order valence-electron chi connectivity index (χ1n) is 7.84. The predicted molar refractivity (Wildman–Crippen MR) is 89.5 cm³/mol. The molecule has 0 radical (unpaired) electrons. The van der Waals surface area contributed by atoms with Crippen LogP contribution in [0.3, 0.4) is 0 Å². The van der Waals surface area contributed by atoms with E-state index in [1.807, 2.05) is 18.2 Å². The third-order valence-electron chi connectivity index (χ3n) is 4.83. The Bertz CT molecular complexity index is 456. The van der Waals surface area contributed by atoms with Gasteiger partial charge in [-0.1, -0.05) is 38.2 Å². The van der Waals surface area contributed by atoms with Gasteiger partial charge >= 0.3 is 0 Å². The van der Waals surface area contributed by atoms with Crippen molar-refractivity contribution in [2.24, 2.45) is 11.1 Å². The number of hydrogen-bond donors (Lipinski definition) is 2. The van der Waals surface area contributed by atoms with Gasteiger partial charge in [0, 0.05) is 12.0 Å². The topological polar surface area (TPSA) is 55.5 Å². The van der Waals surface area contributed by atoms with E-state index in [1.165, 1.54) is 19.3 Å². The quantitative estimate of drug-likeness (QED) is 0.851. The zero-order valence-corrected chi connectivity index (χ0v) is 14.4. The molecule has 1 aromatic rings. The summed E-state index contributed by atoms with van der Waals surface area (Å²) in [4.78, 5) is 0. The fourth-order valence-electron chi connectivity index (χ4n) is 3.40. The number of halogens is 1. The van der Waals surface area contributed by atoms with Crippen molar-refractivity contribution >= 4 is 15.9 Å². The summed E-state index contributed by atoms with van der Waals surface area (Å²) >= 11 is 3.50. The maximum absolute atomic E-state index is 11.0. The van der Waals surface area contributed by atoms with Gasteiger partial charge in [-0.05, 0) is 46.5 Å². The van der Waals surface area contributed by atoms with E-state index in [0.29, 0.717) is 6.54 Å². The maximum Gasteiger partial charge on any atom is 0.133 e. The molecule has 0 aromatic heterocycles. The average molecular weight is 356 g/mol.